The summed E-state index contributed by atoms with van der Waals surface area (Å²) in [7, 11) is 0. The summed E-state index contributed by atoms with van der Waals surface area (Å²) < 4.78 is 15.6. The van der Waals surface area contributed by atoms with E-state index < -0.39 is 11.7 Å². The zero-order valence-corrected chi connectivity index (χ0v) is 11.7. The highest BCUT2D eigenvalue weighted by Gasteiger charge is 2.14. The molecular formula is C15H17FN4O. The van der Waals surface area contributed by atoms with Crippen LogP contribution in [-0.4, -0.2) is 27.0 Å². The van der Waals surface area contributed by atoms with E-state index in [4.69, 9.17) is 0 Å². The van der Waals surface area contributed by atoms with Gasteiger partial charge >= 0.3 is 0 Å². The molecule has 21 heavy (non-hydrogen) atoms. The topological polar surface area (TPSA) is 59.8 Å². The number of carbonyl (C=O) groups excluding carboxylic acids is 1. The van der Waals surface area contributed by atoms with Gasteiger partial charge in [0.05, 0.1) is 5.69 Å². The average molecular weight is 288 g/mol. The molecule has 0 atom stereocenters. The maximum atomic E-state index is 13.4. The van der Waals surface area contributed by atoms with Crippen molar-refractivity contribution in [3.63, 3.8) is 0 Å². The predicted molar refractivity (Wildman–Crippen MR) is 75.4 cm³/mol. The molecule has 2 aromatic rings. The second kappa shape index (κ2) is 6.03. The van der Waals surface area contributed by atoms with Gasteiger partial charge in [0, 0.05) is 38.3 Å². The van der Waals surface area contributed by atoms with Crippen molar-refractivity contribution < 1.29 is 9.18 Å². The van der Waals surface area contributed by atoms with E-state index in [1.807, 2.05) is 6.20 Å². The lowest BCUT2D eigenvalue weighted by Gasteiger charge is -2.11. The Bertz CT molecular complexity index is 629. The molecule has 1 aliphatic rings. The summed E-state index contributed by atoms with van der Waals surface area (Å²) in [5.74, 6) is 0.0304. The van der Waals surface area contributed by atoms with E-state index in [2.05, 4.69) is 19.9 Å². The van der Waals surface area contributed by atoms with E-state index in [1.54, 1.807) is 0 Å². The highest BCUT2D eigenvalue weighted by Crippen LogP contribution is 2.14. The van der Waals surface area contributed by atoms with Crippen LogP contribution in [-0.2, 0) is 19.4 Å². The molecule has 0 unspecified atom stereocenters. The van der Waals surface area contributed by atoms with Crippen molar-refractivity contribution in [2.75, 3.05) is 6.54 Å². The van der Waals surface area contributed by atoms with Crippen molar-refractivity contribution in [1.82, 2.24) is 19.9 Å². The zero-order valence-electron chi connectivity index (χ0n) is 11.7. The molecule has 1 aliphatic heterocycles. The molecule has 6 heteroatoms. The number of rotatable bonds is 4. The van der Waals surface area contributed by atoms with Gasteiger partial charge in [0.15, 0.2) is 11.5 Å². The number of pyridine rings is 1. The molecule has 0 bridgehead atoms. The van der Waals surface area contributed by atoms with E-state index in [9.17, 15) is 9.18 Å². The molecule has 5 nitrogen and oxygen atoms in total. The number of halogens is 1. The Kier molecular flexibility index (Phi) is 3.94. The number of hydrogen-bond donors (Lipinski definition) is 1. The molecule has 0 saturated carbocycles. The first kappa shape index (κ1) is 13.7. The lowest BCUT2D eigenvalue weighted by Crippen LogP contribution is -2.27. The number of hydrogen-bond acceptors (Lipinski definition) is 3. The number of imidazole rings is 1. The largest absolute Gasteiger partial charge is 0.350 e. The molecule has 0 spiro atoms. The predicted octanol–water partition coefficient (Wildman–Crippen LogP) is 1.73. The van der Waals surface area contributed by atoms with Gasteiger partial charge in [-0.1, -0.05) is 0 Å². The molecule has 0 saturated heterocycles. The highest BCUT2D eigenvalue weighted by atomic mass is 19.1. The van der Waals surface area contributed by atoms with E-state index in [0.29, 0.717) is 13.0 Å². The number of amides is 1. The average Bonchev–Trinajstić information content (AvgIpc) is 2.90. The number of carbonyl (C=O) groups is 1. The van der Waals surface area contributed by atoms with Crippen LogP contribution in [0.2, 0.25) is 0 Å². The Balaban J connectivity index is 1.55. The monoisotopic (exact) mass is 288 g/mol. The van der Waals surface area contributed by atoms with Crippen LogP contribution in [0.1, 0.15) is 34.8 Å². The molecule has 3 rings (SSSR count). The number of aromatic nitrogens is 3. The summed E-state index contributed by atoms with van der Waals surface area (Å²) >= 11 is 0. The van der Waals surface area contributed by atoms with Crippen molar-refractivity contribution in [2.24, 2.45) is 0 Å². The summed E-state index contributed by atoms with van der Waals surface area (Å²) in [5, 5.41) is 2.68. The SMILES string of the molecule is O=C(NCCc1cn2c(n1)CCCC2)c1ncccc1F. The number of aryl methyl sites for hydroxylation is 2. The minimum absolute atomic E-state index is 0.165. The molecule has 0 aliphatic carbocycles. The first-order valence-corrected chi connectivity index (χ1v) is 7.17. The maximum Gasteiger partial charge on any atom is 0.272 e. The molecule has 1 amide bonds. The molecule has 1 N–H and O–H groups in total. The minimum atomic E-state index is -0.604. The summed E-state index contributed by atoms with van der Waals surface area (Å²) in [5.41, 5.74) is 0.801. The van der Waals surface area contributed by atoms with Crippen molar-refractivity contribution in [2.45, 2.75) is 32.2 Å². The van der Waals surface area contributed by atoms with Gasteiger partial charge in [-0.05, 0) is 25.0 Å². The van der Waals surface area contributed by atoms with Gasteiger partial charge in [-0.25, -0.2) is 14.4 Å². The molecule has 3 heterocycles. The maximum absolute atomic E-state index is 13.4. The molecule has 0 fully saturated rings. The molecule has 110 valence electrons. The first-order valence-electron chi connectivity index (χ1n) is 7.17. The lowest BCUT2D eigenvalue weighted by atomic mass is 10.2. The Hall–Kier alpha value is -2.24. The van der Waals surface area contributed by atoms with Crippen molar-refractivity contribution in [1.29, 1.82) is 0 Å². The minimum Gasteiger partial charge on any atom is -0.350 e. The third-order valence-corrected chi connectivity index (χ3v) is 3.60. The van der Waals surface area contributed by atoms with Crippen LogP contribution >= 0.6 is 0 Å². The van der Waals surface area contributed by atoms with Crippen LogP contribution < -0.4 is 5.32 Å². The zero-order chi connectivity index (χ0) is 14.7. The van der Waals surface area contributed by atoms with Crippen LogP contribution in [0.15, 0.2) is 24.5 Å². The van der Waals surface area contributed by atoms with Crippen molar-refractivity contribution in [3.8, 4) is 0 Å². The fourth-order valence-corrected chi connectivity index (χ4v) is 2.53. The van der Waals surface area contributed by atoms with E-state index in [1.165, 1.54) is 31.2 Å². The van der Waals surface area contributed by atoms with Crippen LogP contribution in [0.3, 0.4) is 0 Å². The van der Waals surface area contributed by atoms with Crippen molar-refractivity contribution in [3.05, 3.63) is 47.6 Å². The third-order valence-electron chi connectivity index (χ3n) is 3.60. The Labute approximate surface area is 122 Å². The van der Waals surface area contributed by atoms with Crippen molar-refractivity contribution >= 4 is 5.91 Å². The molecule has 0 aromatic carbocycles. The fraction of sp³-hybridized carbons (Fsp3) is 0.400. The van der Waals surface area contributed by atoms with Gasteiger partial charge in [-0.15, -0.1) is 0 Å². The van der Waals surface area contributed by atoms with E-state index in [-0.39, 0.29) is 5.69 Å². The highest BCUT2D eigenvalue weighted by molar-refractivity contribution is 5.92. The Morgan fingerprint density at radius 3 is 3.14 bits per heavy atom. The fourth-order valence-electron chi connectivity index (χ4n) is 2.53. The summed E-state index contributed by atoms with van der Waals surface area (Å²) in [6.07, 6.45) is 7.49. The standard InChI is InChI=1S/C15H17FN4O/c16-12-4-3-7-17-14(12)15(21)18-8-6-11-10-20-9-2-1-5-13(20)19-11/h3-4,7,10H,1-2,5-6,8-9H2,(H,18,21). The van der Waals surface area contributed by atoms with Crippen LogP contribution in [0.4, 0.5) is 4.39 Å². The molecule has 0 radical (unpaired) electrons. The quantitative estimate of drug-likeness (QED) is 0.932. The molecular weight excluding hydrogens is 271 g/mol. The van der Waals surface area contributed by atoms with Gasteiger partial charge in [0.2, 0.25) is 0 Å². The Morgan fingerprint density at radius 1 is 1.43 bits per heavy atom. The summed E-state index contributed by atoms with van der Waals surface area (Å²) in [4.78, 5) is 20.1. The van der Waals surface area contributed by atoms with Crippen LogP contribution in [0.5, 0.6) is 0 Å². The van der Waals surface area contributed by atoms with Crippen LogP contribution in [0.25, 0.3) is 0 Å². The van der Waals surface area contributed by atoms with E-state index >= 15 is 0 Å². The third kappa shape index (κ3) is 3.09. The second-order valence-electron chi connectivity index (χ2n) is 5.14. The normalized spacial score (nSPS) is 13.8. The number of nitrogens with one attached hydrogen (secondary N) is 1. The van der Waals surface area contributed by atoms with Crippen LogP contribution in [0, 0.1) is 5.82 Å². The summed E-state index contributed by atoms with van der Waals surface area (Å²) in [6, 6.07) is 2.69. The van der Waals surface area contributed by atoms with Gasteiger partial charge in [-0.2, -0.15) is 0 Å². The summed E-state index contributed by atoms with van der Waals surface area (Å²) in [6.45, 7) is 1.44. The van der Waals surface area contributed by atoms with Gasteiger partial charge in [0.25, 0.3) is 5.91 Å². The second-order valence-corrected chi connectivity index (χ2v) is 5.14. The number of nitrogens with zero attached hydrogens (tertiary/aromatic N) is 3. The smallest absolute Gasteiger partial charge is 0.272 e. The van der Waals surface area contributed by atoms with Gasteiger partial charge in [-0.3, -0.25) is 4.79 Å². The lowest BCUT2D eigenvalue weighted by molar-refractivity contribution is 0.0944. The first-order chi connectivity index (χ1) is 10.2. The Morgan fingerprint density at radius 2 is 2.33 bits per heavy atom. The number of fused-ring (bicyclic) bond motifs is 1. The molecule has 2 aromatic heterocycles. The van der Waals surface area contributed by atoms with Gasteiger partial charge in [0.1, 0.15) is 5.82 Å². The van der Waals surface area contributed by atoms with E-state index in [0.717, 1.165) is 24.5 Å². The van der Waals surface area contributed by atoms with Gasteiger partial charge < -0.3 is 9.88 Å².